The van der Waals surface area contributed by atoms with Crippen LogP contribution in [-0.4, -0.2) is 24.1 Å². The van der Waals surface area contributed by atoms with Gasteiger partial charge >= 0.3 is 12.1 Å². The number of halogens is 4. The molecule has 0 spiro atoms. The molecular weight excluding hydrogens is 277 g/mol. The van der Waals surface area contributed by atoms with Crippen molar-refractivity contribution in [2.24, 2.45) is 0 Å². The van der Waals surface area contributed by atoms with E-state index in [2.05, 4.69) is 20.9 Å². The minimum Gasteiger partial charge on any atom is -0.292 e. The normalized spacial score (nSPS) is 11.3. The van der Waals surface area contributed by atoms with Crippen LogP contribution in [0.15, 0.2) is 22.8 Å². The zero-order valence-electron chi connectivity index (χ0n) is 7.55. The maximum atomic E-state index is 12.0. The van der Waals surface area contributed by atoms with Gasteiger partial charge in [0.2, 0.25) is 0 Å². The average Bonchev–Trinajstić information content (AvgIpc) is 2.15. The second-order valence-corrected chi connectivity index (χ2v) is 3.61. The fraction of sp³-hybridized carbons (Fsp3) is 0.250. The lowest BCUT2D eigenvalue weighted by Crippen LogP contribution is -2.38. The number of aromatic nitrogens is 1. The van der Waals surface area contributed by atoms with Gasteiger partial charge in [0.05, 0.1) is 0 Å². The van der Waals surface area contributed by atoms with E-state index >= 15 is 0 Å². The molecule has 3 nitrogen and oxygen atoms in total. The molecule has 0 aromatic carbocycles. The Balaban J connectivity index is 2.90. The molecule has 0 N–H and O–H groups in total. The summed E-state index contributed by atoms with van der Waals surface area (Å²) in [5.74, 6) is -2.00. The first-order valence-corrected chi connectivity index (χ1v) is 4.58. The Labute approximate surface area is 92.0 Å². The van der Waals surface area contributed by atoms with Crippen LogP contribution < -0.4 is 4.90 Å². The second kappa shape index (κ2) is 4.18. The number of nitrogens with zero attached hydrogens (tertiary/aromatic N) is 2. The quantitative estimate of drug-likeness (QED) is 0.792. The molecule has 15 heavy (non-hydrogen) atoms. The topological polar surface area (TPSA) is 33.2 Å². The molecule has 0 radical (unpaired) electrons. The van der Waals surface area contributed by atoms with Crippen molar-refractivity contribution < 1.29 is 18.0 Å². The molecule has 0 unspecified atom stereocenters. The summed E-state index contributed by atoms with van der Waals surface area (Å²) in [5, 5.41) is 0. The zero-order valence-corrected chi connectivity index (χ0v) is 9.13. The first-order valence-electron chi connectivity index (χ1n) is 3.79. The van der Waals surface area contributed by atoms with Crippen LogP contribution in [0.2, 0.25) is 0 Å². The maximum Gasteiger partial charge on any atom is 0.471 e. The van der Waals surface area contributed by atoms with Gasteiger partial charge in [0.1, 0.15) is 5.82 Å². The molecule has 0 saturated heterocycles. The van der Waals surface area contributed by atoms with E-state index in [4.69, 9.17) is 0 Å². The first kappa shape index (κ1) is 12.0. The highest BCUT2D eigenvalue weighted by atomic mass is 79.9. The fourth-order valence-electron chi connectivity index (χ4n) is 0.861. The van der Waals surface area contributed by atoms with Crippen molar-refractivity contribution in [2.75, 3.05) is 11.9 Å². The van der Waals surface area contributed by atoms with Crippen molar-refractivity contribution >= 4 is 27.7 Å². The highest BCUT2D eigenvalue weighted by Crippen LogP contribution is 2.21. The Morgan fingerprint density at radius 1 is 1.47 bits per heavy atom. The molecule has 0 saturated carbocycles. The number of amides is 1. The molecule has 82 valence electrons. The predicted molar refractivity (Wildman–Crippen MR) is 51.4 cm³/mol. The Hall–Kier alpha value is -1.11. The Morgan fingerprint density at radius 2 is 2.07 bits per heavy atom. The van der Waals surface area contributed by atoms with E-state index < -0.39 is 12.1 Å². The molecule has 0 bridgehead atoms. The minimum absolute atomic E-state index is 0.0551. The van der Waals surface area contributed by atoms with Crippen molar-refractivity contribution in [2.45, 2.75) is 6.18 Å². The largest absolute Gasteiger partial charge is 0.471 e. The summed E-state index contributed by atoms with van der Waals surface area (Å²) in [5.41, 5.74) is 0. The van der Waals surface area contributed by atoms with Crippen molar-refractivity contribution in [1.29, 1.82) is 0 Å². The molecule has 0 aliphatic rings. The molecule has 1 aromatic heterocycles. The van der Waals surface area contributed by atoms with Gasteiger partial charge in [-0.25, -0.2) is 4.98 Å². The van der Waals surface area contributed by atoms with Gasteiger partial charge in [-0.3, -0.25) is 9.69 Å². The van der Waals surface area contributed by atoms with Gasteiger partial charge in [-0.05, 0) is 28.1 Å². The average molecular weight is 283 g/mol. The molecule has 1 heterocycles. The highest BCUT2D eigenvalue weighted by molar-refractivity contribution is 9.10. The number of anilines is 1. The fourth-order valence-corrected chi connectivity index (χ4v) is 1.10. The summed E-state index contributed by atoms with van der Waals surface area (Å²) in [6, 6.07) is 2.82. The van der Waals surface area contributed by atoms with Crippen LogP contribution in [-0.2, 0) is 4.79 Å². The summed E-state index contributed by atoms with van der Waals surface area (Å²) in [6.07, 6.45) is -3.57. The zero-order chi connectivity index (χ0) is 11.6. The number of rotatable bonds is 1. The lowest BCUT2D eigenvalue weighted by molar-refractivity contribution is -0.170. The predicted octanol–water partition coefficient (Wildman–Crippen LogP) is 2.37. The minimum atomic E-state index is -4.89. The maximum absolute atomic E-state index is 12.0. The van der Waals surface area contributed by atoms with E-state index in [0.717, 1.165) is 7.05 Å². The van der Waals surface area contributed by atoms with Gasteiger partial charge in [-0.2, -0.15) is 13.2 Å². The summed E-state index contributed by atoms with van der Waals surface area (Å²) < 4.78 is 36.7. The van der Waals surface area contributed by atoms with Crippen LogP contribution in [0.5, 0.6) is 0 Å². The number of hydrogen-bond donors (Lipinski definition) is 0. The van der Waals surface area contributed by atoms with E-state index in [-0.39, 0.29) is 5.82 Å². The SMILES string of the molecule is CN(C(=O)C(F)(F)F)c1ccc(Br)cn1. The number of alkyl halides is 3. The smallest absolute Gasteiger partial charge is 0.292 e. The molecular formula is C8H6BrF3N2O. The van der Waals surface area contributed by atoms with Crippen LogP contribution in [0, 0.1) is 0 Å². The van der Waals surface area contributed by atoms with E-state index in [1.807, 2.05) is 0 Å². The lowest BCUT2D eigenvalue weighted by atomic mass is 10.4. The van der Waals surface area contributed by atoms with Crippen LogP contribution in [0.1, 0.15) is 0 Å². The molecule has 0 fully saturated rings. The lowest BCUT2D eigenvalue weighted by Gasteiger charge is -2.17. The van der Waals surface area contributed by atoms with Crippen LogP contribution >= 0.6 is 15.9 Å². The number of pyridine rings is 1. The standard InChI is InChI=1S/C8H6BrF3N2O/c1-14(7(15)8(10,11)12)6-3-2-5(9)4-13-6/h2-4H,1H3. The molecule has 0 atom stereocenters. The number of hydrogen-bond acceptors (Lipinski definition) is 2. The third-order valence-corrected chi connectivity index (χ3v) is 2.07. The third-order valence-electron chi connectivity index (χ3n) is 1.60. The Morgan fingerprint density at radius 3 is 2.47 bits per heavy atom. The van der Waals surface area contributed by atoms with E-state index in [1.165, 1.54) is 18.3 Å². The van der Waals surface area contributed by atoms with Gasteiger partial charge in [0, 0.05) is 17.7 Å². The van der Waals surface area contributed by atoms with Gasteiger partial charge < -0.3 is 0 Å². The summed E-state index contributed by atoms with van der Waals surface area (Å²) in [6.45, 7) is 0. The molecule has 1 rings (SSSR count). The molecule has 1 amide bonds. The summed E-state index contributed by atoms with van der Waals surface area (Å²) in [4.78, 5) is 14.9. The Bertz CT molecular complexity index is 363. The van der Waals surface area contributed by atoms with Crippen molar-refractivity contribution in [3.63, 3.8) is 0 Å². The van der Waals surface area contributed by atoms with E-state index in [0.29, 0.717) is 9.37 Å². The molecule has 1 aromatic rings. The second-order valence-electron chi connectivity index (χ2n) is 2.70. The van der Waals surface area contributed by atoms with Gasteiger partial charge in [-0.1, -0.05) is 0 Å². The Kier molecular flexibility index (Phi) is 3.33. The van der Waals surface area contributed by atoms with Crippen molar-refractivity contribution in [3.05, 3.63) is 22.8 Å². The molecule has 0 aliphatic carbocycles. The van der Waals surface area contributed by atoms with Crippen molar-refractivity contribution in [3.8, 4) is 0 Å². The van der Waals surface area contributed by atoms with Crippen LogP contribution in [0.4, 0.5) is 19.0 Å². The van der Waals surface area contributed by atoms with Gasteiger partial charge in [-0.15, -0.1) is 0 Å². The van der Waals surface area contributed by atoms with Crippen LogP contribution in [0.25, 0.3) is 0 Å². The molecule has 7 heteroatoms. The highest BCUT2D eigenvalue weighted by Gasteiger charge is 2.41. The monoisotopic (exact) mass is 282 g/mol. The molecule has 0 aliphatic heterocycles. The van der Waals surface area contributed by atoms with E-state index in [9.17, 15) is 18.0 Å². The third kappa shape index (κ3) is 2.92. The van der Waals surface area contributed by atoms with Gasteiger partial charge in [0.25, 0.3) is 0 Å². The van der Waals surface area contributed by atoms with E-state index in [1.54, 1.807) is 0 Å². The first-order chi connectivity index (χ1) is 6.82. The van der Waals surface area contributed by atoms with Gasteiger partial charge in [0.15, 0.2) is 0 Å². The van der Waals surface area contributed by atoms with Crippen LogP contribution in [0.3, 0.4) is 0 Å². The summed E-state index contributed by atoms with van der Waals surface area (Å²) in [7, 11) is 1.02. The summed E-state index contributed by atoms with van der Waals surface area (Å²) >= 11 is 3.08. The van der Waals surface area contributed by atoms with Crippen molar-refractivity contribution in [1.82, 2.24) is 4.98 Å². The number of carbonyl (C=O) groups is 1. The number of carbonyl (C=O) groups excluding carboxylic acids is 1.